The van der Waals surface area contributed by atoms with Crippen molar-refractivity contribution in [3.8, 4) is 0 Å². The second-order valence-corrected chi connectivity index (χ2v) is 12.2. The first kappa shape index (κ1) is 44.1. The van der Waals surface area contributed by atoms with Crippen LogP contribution in [0.1, 0.15) is 162 Å². The molecule has 0 aromatic heterocycles. The molecule has 0 heterocycles. The molecule has 0 aromatic carbocycles. The molecule has 6 nitrogen and oxygen atoms in total. The Morgan fingerprint density at radius 1 is 0.489 bits per heavy atom. The summed E-state index contributed by atoms with van der Waals surface area (Å²) in [5, 5.41) is 0. The Balaban J connectivity index is 3.94. The normalized spacial score (nSPS) is 12.7. The molecule has 0 bridgehead atoms. The van der Waals surface area contributed by atoms with E-state index in [1.165, 1.54) is 32.6 Å². The van der Waals surface area contributed by atoms with Crippen molar-refractivity contribution in [2.45, 2.75) is 168 Å². The largest absolute Gasteiger partial charge is 0.462 e. The van der Waals surface area contributed by atoms with Crippen molar-refractivity contribution < 1.29 is 28.6 Å². The summed E-state index contributed by atoms with van der Waals surface area (Å²) in [6.07, 6.45) is 43.7. The molecule has 0 aliphatic rings. The molecule has 0 radical (unpaired) electrons. The predicted molar refractivity (Wildman–Crippen MR) is 196 cm³/mol. The van der Waals surface area contributed by atoms with Crippen LogP contribution in [0, 0.1) is 0 Å². The summed E-state index contributed by atoms with van der Waals surface area (Å²) >= 11 is 0. The SMILES string of the molecule is CC/C=C\C/C=C\C/C=C\CCCCCCCC(=O)OCC(COC(C)=O)OC(=O)CCCCCCC/C=C\C/C=C\CCCCC. The molecule has 0 saturated carbocycles. The molecular formula is C41H68O6. The van der Waals surface area contributed by atoms with Crippen LogP contribution < -0.4 is 0 Å². The van der Waals surface area contributed by atoms with Gasteiger partial charge in [-0.1, -0.05) is 126 Å². The minimum atomic E-state index is -0.783. The minimum Gasteiger partial charge on any atom is -0.462 e. The predicted octanol–water partition coefficient (Wildman–Crippen LogP) is 11.4. The second kappa shape index (κ2) is 36.0. The summed E-state index contributed by atoms with van der Waals surface area (Å²) in [4.78, 5) is 35.9. The first-order valence-electron chi connectivity index (χ1n) is 18.7. The van der Waals surface area contributed by atoms with Crippen LogP contribution in [-0.2, 0) is 28.6 Å². The zero-order valence-corrected chi connectivity index (χ0v) is 30.3. The van der Waals surface area contributed by atoms with Gasteiger partial charge in [0.25, 0.3) is 0 Å². The highest BCUT2D eigenvalue weighted by atomic mass is 16.6. The van der Waals surface area contributed by atoms with E-state index < -0.39 is 12.1 Å². The Morgan fingerprint density at radius 2 is 0.915 bits per heavy atom. The standard InChI is InChI=1S/C41H68O6/c1-4-6-8-10-12-14-16-18-20-22-24-26-28-30-32-34-40(43)46-37-39(36-45-38(3)42)47-41(44)35-33-31-29-27-25-23-21-19-17-15-13-11-9-7-5-2/h6,8,12-15,18-21,39H,4-5,7,9-11,16-17,22-37H2,1-3H3/b8-6-,14-12-,15-13-,20-18-,21-19-. The van der Waals surface area contributed by atoms with Gasteiger partial charge < -0.3 is 14.2 Å². The minimum absolute atomic E-state index is 0.100. The van der Waals surface area contributed by atoms with Crippen molar-refractivity contribution >= 4 is 17.9 Å². The van der Waals surface area contributed by atoms with Gasteiger partial charge in [0.2, 0.25) is 0 Å². The van der Waals surface area contributed by atoms with Crippen LogP contribution in [0.4, 0.5) is 0 Å². The van der Waals surface area contributed by atoms with Gasteiger partial charge in [0.15, 0.2) is 6.10 Å². The highest BCUT2D eigenvalue weighted by molar-refractivity contribution is 5.70. The van der Waals surface area contributed by atoms with E-state index in [2.05, 4.69) is 74.6 Å². The maximum absolute atomic E-state index is 12.4. The van der Waals surface area contributed by atoms with E-state index >= 15 is 0 Å². The third kappa shape index (κ3) is 35.8. The molecule has 0 aliphatic carbocycles. The van der Waals surface area contributed by atoms with Gasteiger partial charge in [0.05, 0.1) is 0 Å². The van der Waals surface area contributed by atoms with Gasteiger partial charge in [-0.15, -0.1) is 0 Å². The lowest BCUT2D eigenvalue weighted by atomic mass is 10.1. The van der Waals surface area contributed by atoms with Gasteiger partial charge in [-0.05, 0) is 77.0 Å². The van der Waals surface area contributed by atoms with Crippen LogP contribution in [-0.4, -0.2) is 37.2 Å². The summed E-state index contributed by atoms with van der Waals surface area (Å²) in [6.45, 7) is 5.46. The molecule has 0 aliphatic heterocycles. The summed E-state index contributed by atoms with van der Waals surface area (Å²) in [5.74, 6) is -1.13. The number of unbranched alkanes of at least 4 members (excludes halogenated alkanes) is 13. The van der Waals surface area contributed by atoms with Gasteiger partial charge in [-0.25, -0.2) is 0 Å². The molecule has 0 fully saturated rings. The number of esters is 3. The van der Waals surface area contributed by atoms with Crippen LogP contribution in [0.5, 0.6) is 0 Å². The number of ether oxygens (including phenoxy) is 3. The second-order valence-electron chi connectivity index (χ2n) is 12.2. The average molecular weight is 657 g/mol. The average Bonchev–Trinajstić information content (AvgIpc) is 3.05. The lowest BCUT2D eigenvalue weighted by Crippen LogP contribution is -2.30. The fraction of sp³-hybridized carbons (Fsp3) is 0.683. The van der Waals surface area contributed by atoms with Gasteiger partial charge in [0.1, 0.15) is 13.2 Å². The lowest BCUT2D eigenvalue weighted by Gasteiger charge is -2.17. The molecule has 268 valence electrons. The zero-order chi connectivity index (χ0) is 34.5. The van der Waals surface area contributed by atoms with Gasteiger partial charge >= 0.3 is 17.9 Å². The van der Waals surface area contributed by atoms with Crippen LogP contribution in [0.15, 0.2) is 60.8 Å². The first-order chi connectivity index (χ1) is 23.0. The highest BCUT2D eigenvalue weighted by Gasteiger charge is 2.18. The molecule has 1 atom stereocenters. The van der Waals surface area contributed by atoms with E-state index in [0.29, 0.717) is 12.8 Å². The summed E-state index contributed by atoms with van der Waals surface area (Å²) in [5.41, 5.74) is 0. The van der Waals surface area contributed by atoms with Gasteiger partial charge in [0, 0.05) is 19.8 Å². The molecule has 0 spiro atoms. The van der Waals surface area contributed by atoms with Crippen LogP contribution in [0.2, 0.25) is 0 Å². The molecule has 0 rings (SSSR count). The Labute approximate surface area is 288 Å². The summed E-state index contributed by atoms with van der Waals surface area (Å²) in [7, 11) is 0. The van der Waals surface area contributed by atoms with Crippen molar-refractivity contribution in [2.75, 3.05) is 13.2 Å². The molecule has 6 heteroatoms. The van der Waals surface area contributed by atoms with E-state index in [9.17, 15) is 14.4 Å². The van der Waals surface area contributed by atoms with Crippen LogP contribution >= 0.6 is 0 Å². The third-order valence-electron chi connectivity index (χ3n) is 7.56. The molecule has 0 N–H and O–H groups in total. The molecular weight excluding hydrogens is 588 g/mol. The van der Waals surface area contributed by atoms with E-state index in [-0.39, 0.29) is 25.2 Å². The summed E-state index contributed by atoms with van der Waals surface area (Å²) < 4.78 is 15.9. The fourth-order valence-electron chi connectivity index (χ4n) is 4.80. The van der Waals surface area contributed by atoms with E-state index in [0.717, 1.165) is 103 Å². The smallest absolute Gasteiger partial charge is 0.306 e. The number of hydrogen-bond acceptors (Lipinski definition) is 6. The van der Waals surface area contributed by atoms with E-state index in [1.54, 1.807) is 0 Å². The monoisotopic (exact) mass is 657 g/mol. The quantitative estimate of drug-likeness (QED) is 0.0310. The van der Waals surface area contributed by atoms with Crippen molar-refractivity contribution in [3.05, 3.63) is 60.8 Å². The third-order valence-corrected chi connectivity index (χ3v) is 7.56. The van der Waals surface area contributed by atoms with Crippen molar-refractivity contribution in [3.63, 3.8) is 0 Å². The topological polar surface area (TPSA) is 78.9 Å². The Morgan fingerprint density at radius 3 is 1.43 bits per heavy atom. The van der Waals surface area contributed by atoms with E-state index in [4.69, 9.17) is 14.2 Å². The number of carbonyl (C=O) groups is 3. The zero-order valence-electron chi connectivity index (χ0n) is 30.3. The van der Waals surface area contributed by atoms with Crippen LogP contribution in [0.25, 0.3) is 0 Å². The maximum atomic E-state index is 12.4. The Bertz CT molecular complexity index is 898. The first-order valence-corrected chi connectivity index (χ1v) is 18.7. The van der Waals surface area contributed by atoms with Crippen LogP contribution in [0.3, 0.4) is 0 Å². The molecule has 0 aromatic rings. The van der Waals surface area contributed by atoms with E-state index in [1.807, 2.05) is 0 Å². The number of rotatable bonds is 32. The maximum Gasteiger partial charge on any atom is 0.306 e. The highest BCUT2D eigenvalue weighted by Crippen LogP contribution is 2.11. The van der Waals surface area contributed by atoms with Crippen molar-refractivity contribution in [1.29, 1.82) is 0 Å². The van der Waals surface area contributed by atoms with Crippen molar-refractivity contribution in [1.82, 2.24) is 0 Å². The van der Waals surface area contributed by atoms with Gasteiger partial charge in [-0.2, -0.15) is 0 Å². The Hall–Kier alpha value is -2.89. The van der Waals surface area contributed by atoms with Crippen molar-refractivity contribution in [2.24, 2.45) is 0 Å². The molecule has 1 unspecified atom stereocenters. The number of carbonyl (C=O) groups excluding carboxylic acids is 3. The number of allylic oxidation sites excluding steroid dienone is 10. The molecule has 47 heavy (non-hydrogen) atoms. The summed E-state index contributed by atoms with van der Waals surface area (Å²) in [6, 6.07) is 0. The molecule has 0 amide bonds. The molecule has 0 saturated heterocycles. The fourth-order valence-corrected chi connectivity index (χ4v) is 4.80. The lowest BCUT2D eigenvalue weighted by molar-refractivity contribution is -0.166. The Kier molecular flexibility index (Phi) is 33.7. The number of hydrogen-bond donors (Lipinski definition) is 0. The van der Waals surface area contributed by atoms with Gasteiger partial charge in [-0.3, -0.25) is 14.4 Å².